The average molecular weight is 305 g/mol. The van der Waals surface area contributed by atoms with Crippen molar-refractivity contribution in [1.82, 2.24) is 5.32 Å². The quantitative estimate of drug-likeness (QED) is 0.470. The topological polar surface area (TPSA) is 49.0 Å². The molecule has 0 atom stereocenters. The number of methoxy groups -OCH3 is 1. The molecule has 0 saturated carbocycles. The van der Waals surface area contributed by atoms with Gasteiger partial charge in [0.15, 0.2) is 0 Å². The number of ether oxygens (including phenoxy) is 4. The highest BCUT2D eigenvalue weighted by atomic mass is 16.6. The number of nitrogens with one attached hydrogen (secondary N) is 1. The first-order chi connectivity index (χ1) is 10.1. The molecule has 0 aromatic heterocycles. The summed E-state index contributed by atoms with van der Waals surface area (Å²) >= 11 is 0. The van der Waals surface area contributed by atoms with Crippen LogP contribution in [0.5, 0.6) is 0 Å². The van der Waals surface area contributed by atoms with Crippen molar-refractivity contribution in [2.45, 2.75) is 45.6 Å². The first-order valence-electron chi connectivity index (χ1n) is 8.03. The molecule has 0 fully saturated rings. The van der Waals surface area contributed by atoms with E-state index >= 15 is 0 Å². The van der Waals surface area contributed by atoms with Crippen molar-refractivity contribution in [1.29, 1.82) is 0 Å². The SMILES string of the molecule is COCCOCCOCCOCCCCCNC(C)(C)C. The molecule has 0 aromatic rings. The van der Waals surface area contributed by atoms with Crippen LogP contribution in [0.3, 0.4) is 0 Å². The lowest BCUT2D eigenvalue weighted by molar-refractivity contribution is 0.00324. The lowest BCUT2D eigenvalue weighted by Crippen LogP contribution is -2.36. The van der Waals surface area contributed by atoms with Crippen molar-refractivity contribution in [3.8, 4) is 0 Å². The van der Waals surface area contributed by atoms with Crippen LogP contribution in [0.2, 0.25) is 0 Å². The zero-order valence-corrected chi connectivity index (χ0v) is 14.4. The Labute approximate surface area is 130 Å². The molecule has 0 amide bonds. The van der Waals surface area contributed by atoms with Gasteiger partial charge in [-0.05, 0) is 46.6 Å². The van der Waals surface area contributed by atoms with E-state index in [0.717, 1.165) is 19.6 Å². The fourth-order valence-electron chi connectivity index (χ4n) is 1.65. The Hall–Kier alpha value is -0.200. The molecule has 21 heavy (non-hydrogen) atoms. The molecule has 0 aliphatic carbocycles. The second-order valence-corrected chi connectivity index (χ2v) is 6.07. The van der Waals surface area contributed by atoms with Crippen LogP contribution in [0.25, 0.3) is 0 Å². The van der Waals surface area contributed by atoms with Crippen molar-refractivity contribution >= 4 is 0 Å². The third-order valence-electron chi connectivity index (χ3n) is 2.80. The summed E-state index contributed by atoms with van der Waals surface area (Å²) in [5.74, 6) is 0. The second-order valence-electron chi connectivity index (χ2n) is 6.07. The molecule has 0 aliphatic heterocycles. The summed E-state index contributed by atoms with van der Waals surface area (Å²) in [5, 5.41) is 3.48. The third-order valence-corrected chi connectivity index (χ3v) is 2.80. The zero-order chi connectivity index (χ0) is 15.8. The Morgan fingerprint density at radius 3 is 1.71 bits per heavy atom. The van der Waals surface area contributed by atoms with Gasteiger partial charge in [-0.25, -0.2) is 0 Å². The van der Waals surface area contributed by atoms with E-state index in [9.17, 15) is 0 Å². The molecule has 0 rings (SSSR count). The fourth-order valence-corrected chi connectivity index (χ4v) is 1.65. The molecule has 0 radical (unpaired) electrons. The van der Waals surface area contributed by atoms with Gasteiger partial charge < -0.3 is 24.3 Å². The van der Waals surface area contributed by atoms with Gasteiger partial charge in [-0.15, -0.1) is 0 Å². The maximum absolute atomic E-state index is 5.52. The van der Waals surface area contributed by atoms with Gasteiger partial charge in [-0.3, -0.25) is 0 Å². The molecule has 0 aromatic carbocycles. The highest BCUT2D eigenvalue weighted by molar-refractivity contribution is 4.69. The van der Waals surface area contributed by atoms with E-state index in [4.69, 9.17) is 18.9 Å². The van der Waals surface area contributed by atoms with Crippen molar-refractivity contribution in [3.05, 3.63) is 0 Å². The summed E-state index contributed by atoms with van der Waals surface area (Å²) in [4.78, 5) is 0. The maximum atomic E-state index is 5.52. The van der Waals surface area contributed by atoms with E-state index in [2.05, 4.69) is 26.1 Å². The standard InChI is InChI=1S/C16H35NO4/c1-16(2,3)17-8-6-5-7-9-19-12-13-21-15-14-20-11-10-18-4/h17H,5-15H2,1-4H3. The zero-order valence-electron chi connectivity index (χ0n) is 14.4. The van der Waals surface area contributed by atoms with Crippen LogP contribution in [0.1, 0.15) is 40.0 Å². The summed E-state index contributed by atoms with van der Waals surface area (Å²) in [7, 11) is 1.66. The molecule has 0 saturated heterocycles. The molecule has 0 unspecified atom stereocenters. The minimum absolute atomic E-state index is 0.223. The van der Waals surface area contributed by atoms with Crippen LogP contribution in [0.4, 0.5) is 0 Å². The van der Waals surface area contributed by atoms with Crippen LogP contribution in [-0.2, 0) is 18.9 Å². The predicted octanol–water partition coefficient (Wildman–Crippen LogP) is 2.24. The maximum Gasteiger partial charge on any atom is 0.0701 e. The van der Waals surface area contributed by atoms with E-state index in [1.807, 2.05) is 0 Å². The van der Waals surface area contributed by atoms with Crippen LogP contribution < -0.4 is 5.32 Å². The molecular formula is C16H35NO4. The predicted molar refractivity (Wildman–Crippen MR) is 85.9 cm³/mol. The molecular weight excluding hydrogens is 270 g/mol. The summed E-state index contributed by atoms with van der Waals surface area (Å²) in [6, 6.07) is 0. The van der Waals surface area contributed by atoms with Gasteiger partial charge in [0.1, 0.15) is 0 Å². The van der Waals surface area contributed by atoms with Crippen LogP contribution >= 0.6 is 0 Å². The first kappa shape index (κ1) is 20.8. The molecule has 0 bridgehead atoms. The van der Waals surface area contributed by atoms with Crippen LogP contribution in [0.15, 0.2) is 0 Å². The Morgan fingerprint density at radius 2 is 1.19 bits per heavy atom. The molecule has 5 heteroatoms. The molecule has 5 nitrogen and oxygen atoms in total. The van der Waals surface area contributed by atoms with Crippen molar-refractivity contribution in [3.63, 3.8) is 0 Å². The molecule has 128 valence electrons. The van der Waals surface area contributed by atoms with E-state index in [0.29, 0.717) is 39.6 Å². The van der Waals surface area contributed by atoms with Gasteiger partial charge in [0, 0.05) is 19.3 Å². The van der Waals surface area contributed by atoms with Gasteiger partial charge >= 0.3 is 0 Å². The lowest BCUT2D eigenvalue weighted by atomic mass is 10.1. The highest BCUT2D eigenvalue weighted by Crippen LogP contribution is 2.00. The molecule has 0 heterocycles. The van der Waals surface area contributed by atoms with Crippen LogP contribution in [0, 0.1) is 0 Å². The van der Waals surface area contributed by atoms with Gasteiger partial charge in [-0.1, -0.05) is 0 Å². The van der Waals surface area contributed by atoms with E-state index in [-0.39, 0.29) is 5.54 Å². The largest absolute Gasteiger partial charge is 0.382 e. The van der Waals surface area contributed by atoms with Gasteiger partial charge in [0.2, 0.25) is 0 Å². The number of unbranched alkanes of at least 4 members (excludes halogenated alkanes) is 2. The Balaban J connectivity index is 3.00. The summed E-state index contributed by atoms with van der Waals surface area (Å²) in [6.07, 6.45) is 3.53. The highest BCUT2D eigenvalue weighted by Gasteiger charge is 2.06. The van der Waals surface area contributed by atoms with E-state index < -0.39 is 0 Å². The Bertz CT molecular complexity index is 207. The van der Waals surface area contributed by atoms with Crippen LogP contribution in [-0.4, -0.2) is 65.4 Å². The number of hydrogen-bond donors (Lipinski definition) is 1. The van der Waals surface area contributed by atoms with Crippen molar-refractivity contribution in [2.24, 2.45) is 0 Å². The Kier molecular flexibility index (Phi) is 14.6. The van der Waals surface area contributed by atoms with Gasteiger partial charge in [0.25, 0.3) is 0 Å². The minimum atomic E-state index is 0.223. The average Bonchev–Trinajstić information content (AvgIpc) is 2.42. The van der Waals surface area contributed by atoms with Crippen molar-refractivity contribution in [2.75, 3.05) is 59.9 Å². The smallest absolute Gasteiger partial charge is 0.0701 e. The third kappa shape index (κ3) is 19.8. The summed E-state index contributed by atoms with van der Waals surface area (Å²) in [5.41, 5.74) is 0.223. The summed E-state index contributed by atoms with van der Waals surface area (Å²) in [6.45, 7) is 12.3. The van der Waals surface area contributed by atoms with Crippen molar-refractivity contribution < 1.29 is 18.9 Å². The second kappa shape index (κ2) is 14.7. The van der Waals surface area contributed by atoms with Gasteiger partial charge in [-0.2, -0.15) is 0 Å². The number of hydrogen-bond acceptors (Lipinski definition) is 5. The molecule has 0 aliphatic rings. The fraction of sp³-hybridized carbons (Fsp3) is 1.00. The molecule has 0 spiro atoms. The van der Waals surface area contributed by atoms with E-state index in [1.54, 1.807) is 7.11 Å². The van der Waals surface area contributed by atoms with Gasteiger partial charge in [0.05, 0.1) is 39.6 Å². The monoisotopic (exact) mass is 305 g/mol. The van der Waals surface area contributed by atoms with E-state index in [1.165, 1.54) is 12.8 Å². The normalized spacial score (nSPS) is 12.0. The first-order valence-corrected chi connectivity index (χ1v) is 8.03. The molecule has 1 N–H and O–H groups in total. The lowest BCUT2D eigenvalue weighted by Gasteiger charge is -2.20. The summed E-state index contributed by atoms with van der Waals surface area (Å²) < 4.78 is 21.1. The number of rotatable bonds is 15. The minimum Gasteiger partial charge on any atom is -0.382 e. The Morgan fingerprint density at radius 1 is 0.667 bits per heavy atom.